The minimum absolute atomic E-state index is 0.218. The maximum atomic E-state index is 12.3. The molecule has 1 aromatic rings. The van der Waals surface area contributed by atoms with Gasteiger partial charge in [0, 0.05) is 17.3 Å². The zero-order valence-corrected chi connectivity index (χ0v) is 14.6. The molecule has 0 fully saturated rings. The Hall–Kier alpha value is -2.41. The molecule has 0 saturated heterocycles. The lowest BCUT2D eigenvalue weighted by Crippen LogP contribution is -2.45. The molecule has 0 radical (unpaired) electrons. The molecule has 1 aliphatic heterocycles. The van der Waals surface area contributed by atoms with E-state index in [0.29, 0.717) is 27.8 Å². The molecule has 2 N–H and O–H groups in total. The zero-order valence-electron chi connectivity index (χ0n) is 13.9. The normalized spacial score (nSPS) is 17.0. The van der Waals surface area contributed by atoms with Crippen LogP contribution >= 0.6 is 11.6 Å². The summed E-state index contributed by atoms with van der Waals surface area (Å²) in [5.41, 5.74) is 1.20. The molecule has 130 valence electrons. The Labute approximate surface area is 144 Å². The minimum atomic E-state index is -0.759. The average Bonchev–Trinajstić information content (AvgIpc) is 2.53. The Balaban J connectivity index is 2.57. The summed E-state index contributed by atoms with van der Waals surface area (Å²) in [5.74, 6) is 0.355. The second kappa shape index (κ2) is 7.44. The highest BCUT2D eigenvalue weighted by Gasteiger charge is 2.34. The zero-order chi connectivity index (χ0) is 17.9. The molecule has 1 atom stereocenters. The molecule has 0 unspecified atom stereocenters. The van der Waals surface area contributed by atoms with Gasteiger partial charge in [-0.1, -0.05) is 11.6 Å². The third-order valence-electron chi connectivity index (χ3n) is 3.58. The first-order valence-corrected chi connectivity index (χ1v) is 7.67. The van der Waals surface area contributed by atoms with Gasteiger partial charge in [0.25, 0.3) is 0 Å². The van der Waals surface area contributed by atoms with Crippen molar-refractivity contribution in [3.8, 4) is 11.5 Å². The monoisotopic (exact) mass is 354 g/mol. The smallest absolute Gasteiger partial charge is 0.338 e. The standard InChI is InChI=1S/C16H19ClN2O5/c1-5-24-15(20)13-8(2)18-16(21)19-14(13)9-6-11(22-3)12(23-4)7-10(9)17/h6-7,14H,5H2,1-4H3,(H2,18,19,21)/t14-/m0/s1. The number of allylic oxidation sites excluding steroid dienone is 1. The first-order chi connectivity index (χ1) is 11.4. The van der Waals surface area contributed by atoms with Gasteiger partial charge in [0.2, 0.25) is 0 Å². The van der Waals surface area contributed by atoms with Crippen LogP contribution in [0.25, 0.3) is 0 Å². The lowest BCUT2D eigenvalue weighted by molar-refractivity contribution is -0.139. The number of carbonyl (C=O) groups is 2. The summed E-state index contributed by atoms with van der Waals surface area (Å²) in [6, 6.07) is 2.01. The van der Waals surface area contributed by atoms with E-state index >= 15 is 0 Å². The largest absolute Gasteiger partial charge is 0.493 e. The van der Waals surface area contributed by atoms with Crippen LogP contribution in [0, 0.1) is 0 Å². The van der Waals surface area contributed by atoms with Gasteiger partial charge in [-0.25, -0.2) is 9.59 Å². The number of hydrogen-bond acceptors (Lipinski definition) is 5. The van der Waals surface area contributed by atoms with Crippen LogP contribution in [0.5, 0.6) is 11.5 Å². The molecule has 2 rings (SSSR count). The van der Waals surface area contributed by atoms with Gasteiger partial charge in [-0.05, 0) is 19.9 Å². The van der Waals surface area contributed by atoms with Gasteiger partial charge in [0.1, 0.15) is 0 Å². The molecule has 1 heterocycles. The predicted octanol–water partition coefficient (Wildman–Crippen LogP) is 2.55. The van der Waals surface area contributed by atoms with E-state index in [1.165, 1.54) is 14.2 Å². The highest BCUT2D eigenvalue weighted by Crippen LogP contribution is 2.39. The van der Waals surface area contributed by atoms with E-state index in [0.717, 1.165) is 0 Å². The van der Waals surface area contributed by atoms with Crippen molar-refractivity contribution in [1.29, 1.82) is 0 Å². The number of rotatable bonds is 5. The van der Waals surface area contributed by atoms with Crippen LogP contribution in [-0.4, -0.2) is 32.8 Å². The molecular formula is C16H19ClN2O5. The molecule has 1 aliphatic rings. The van der Waals surface area contributed by atoms with Crippen molar-refractivity contribution >= 4 is 23.6 Å². The van der Waals surface area contributed by atoms with E-state index < -0.39 is 18.0 Å². The molecular weight excluding hydrogens is 336 g/mol. The molecule has 24 heavy (non-hydrogen) atoms. The summed E-state index contributed by atoms with van der Waals surface area (Å²) in [5, 5.41) is 5.59. The number of amides is 2. The van der Waals surface area contributed by atoms with E-state index in [1.54, 1.807) is 26.0 Å². The van der Waals surface area contributed by atoms with Crippen LogP contribution in [0.3, 0.4) is 0 Å². The summed E-state index contributed by atoms with van der Waals surface area (Å²) >= 11 is 6.33. The summed E-state index contributed by atoms with van der Waals surface area (Å²) in [4.78, 5) is 24.2. The fourth-order valence-corrected chi connectivity index (χ4v) is 2.76. The lowest BCUT2D eigenvalue weighted by atomic mass is 9.95. The summed E-state index contributed by atoms with van der Waals surface area (Å²) in [6.07, 6.45) is 0. The number of benzene rings is 1. The number of nitrogens with one attached hydrogen (secondary N) is 2. The number of ether oxygens (including phenoxy) is 3. The quantitative estimate of drug-likeness (QED) is 0.794. The first-order valence-electron chi connectivity index (χ1n) is 7.29. The van der Waals surface area contributed by atoms with E-state index in [4.69, 9.17) is 25.8 Å². The molecule has 0 saturated carbocycles. The number of carbonyl (C=O) groups excluding carboxylic acids is 2. The van der Waals surface area contributed by atoms with Crippen LogP contribution in [0.15, 0.2) is 23.4 Å². The van der Waals surface area contributed by atoms with Crippen LogP contribution in [0.2, 0.25) is 5.02 Å². The van der Waals surface area contributed by atoms with Gasteiger partial charge in [-0.3, -0.25) is 0 Å². The van der Waals surface area contributed by atoms with Crippen molar-refractivity contribution in [2.45, 2.75) is 19.9 Å². The Morgan fingerprint density at radius 3 is 2.46 bits per heavy atom. The topological polar surface area (TPSA) is 85.9 Å². The van der Waals surface area contributed by atoms with Crippen LogP contribution in [0.4, 0.5) is 4.79 Å². The Kier molecular flexibility index (Phi) is 5.56. The maximum Gasteiger partial charge on any atom is 0.338 e. The van der Waals surface area contributed by atoms with Crippen LogP contribution in [0.1, 0.15) is 25.5 Å². The van der Waals surface area contributed by atoms with E-state index in [2.05, 4.69) is 10.6 Å². The first kappa shape index (κ1) is 17.9. The maximum absolute atomic E-state index is 12.3. The van der Waals surface area contributed by atoms with Gasteiger partial charge in [0.05, 0.1) is 37.5 Å². The third kappa shape index (κ3) is 3.41. The third-order valence-corrected chi connectivity index (χ3v) is 3.91. The lowest BCUT2D eigenvalue weighted by Gasteiger charge is -2.29. The second-order valence-corrected chi connectivity index (χ2v) is 5.43. The Bertz CT molecular complexity index is 702. The predicted molar refractivity (Wildman–Crippen MR) is 88.3 cm³/mol. The van der Waals surface area contributed by atoms with Crippen molar-refractivity contribution in [2.24, 2.45) is 0 Å². The number of urea groups is 1. The summed E-state index contributed by atoms with van der Waals surface area (Å²) in [6.45, 7) is 3.56. The Morgan fingerprint density at radius 1 is 1.25 bits per heavy atom. The van der Waals surface area contributed by atoms with Crippen LogP contribution in [-0.2, 0) is 9.53 Å². The highest BCUT2D eigenvalue weighted by atomic mass is 35.5. The minimum Gasteiger partial charge on any atom is -0.493 e. The van der Waals surface area contributed by atoms with Crippen LogP contribution < -0.4 is 20.1 Å². The van der Waals surface area contributed by atoms with Gasteiger partial charge in [0.15, 0.2) is 11.5 Å². The van der Waals surface area contributed by atoms with Crippen molar-refractivity contribution < 1.29 is 23.8 Å². The van der Waals surface area contributed by atoms with Gasteiger partial charge in [-0.15, -0.1) is 0 Å². The van der Waals surface area contributed by atoms with Crippen molar-refractivity contribution in [1.82, 2.24) is 10.6 Å². The fourth-order valence-electron chi connectivity index (χ4n) is 2.50. The molecule has 1 aromatic carbocycles. The SMILES string of the molecule is CCOC(=O)C1=C(C)NC(=O)N[C@H]1c1cc(OC)c(OC)cc1Cl. The molecule has 0 aromatic heterocycles. The number of hydrogen-bond donors (Lipinski definition) is 2. The van der Waals surface area contributed by atoms with E-state index in [9.17, 15) is 9.59 Å². The number of halogens is 1. The van der Waals surface area contributed by atoms with Gasteiger partial charge < -0.3 is 24.8 Å². The fraction of sp³-hybridized carbons (Fsp3) is 0.375. The summed E-state index contributed by atoms with van der Waals surface area (Å²) < 4.78 is 15.6. The van der Waals surface area contributed by atoms with Gasteiger partial charge >= 0.3 is 12.0 Å². The molecule has 2 amide bonds. The molecule has 0 bridgehead atoms. The molecule has 0 spiro atoms. The van der Waals surface area contributed by atoms with Gasteiger partial charge in [-0.2, -0.15) is 0 Å². The summed E-state index contributed by atoms with van der Waals surface area (Å²) in [7, 11) is 2.98. The molecule has 0 aliphatic carbocycles. The average molecular weight is 355 g/mol. The van der Waals surface area contributed by atoms with E-state index in [1.807, 2.05) is 0 Å². The molecule has 7 nitrogen and oxygen atoms in total. The number of methoxy groups -OCH3 is 2. The highest BCUT2D eigenvalue weighted by molar-refractivity contribution is 6.31. The van der Waals surface area contributed by atoms with E-state index in [-0.39, 0.29) is 12.2 Å². The van der Waals surface area contributed by atoms with Crippen molar-refractivity contribution in [2.75, 3.05) is 20.8 Å². The number of esters is 1. The van der Waals surface area contributed by atoms with Crippen molar-refractivity contribution in [3.63, 3.8) is 0 Å². The van der Waals surface area contributed by atoms with Crippen molar-refractivity contribution in [3.05, 3.63) is 34.0 Å². The second-order valence-electron chi connectivity index (χ2n) is 5.02. The Morgan fingerprint density at radius 2 is 1.88 bits per heavy atom. The molecule has 8 heteroatoms.